The zero-order valence-electron chi connectivity index (χ0n) is 19.3. The number of nitrogens with zero attached hydrogens (tertiary/aromatic N) is 2. The fraction of sp³-hybridized carbons (Fsp3) is 0.385. The van der Waals surface area contributed by atoms with Crippen LogP contribution < -0.4 is 0 Å². The van der Waals surface area contributed by atoms with Gasteiger partial charge in [-0.05, 0) is 57.2 Å². The van der Waals surface area contributed by atoms with Gasteiger partial charge in [-0.1, -0.05) is 60.0 Å². The van der Waals surface area contributed by atoms with Crippen LogP contribution in [0.4, 0.5) is 0 Å². The van der Waals surface area contributed by atoms with Crippen LogP contribution in [0.1, 0.15) is 59.4 Å². The molecular weight excluding hydrogens is 475 g/mol. The average molecular weight is 501 g/mol. The Kier molecular flexibility index (Phi) is 6.83. The lowest BCUT2D eigenvalue weighted by molar-refractivity contribution is -0.156. The second kappa shape index (κ2) is 9.51. The first-order chi connectivity index (χ1) is 16.1. The van der Waals surface area contributed by atoms with Gasteiger partial charge in [0, 0.05) is 10.6 Å². The third kappa shape index (κ3) is 4.37. The van der Waals surface area contributed by atoms with E-state index in [1.54, 1.807) is 24.3 Å². The number of fused-ring (bicyclic) bond motifs is 1. The zero-order chi connectivity index (χ0) is 24.7. The van der Waals surface area contributed by atoms with E-state index in [1.165, 1.54) is 25.1 Å². The van der Waals surface area contributed by atoms with E-state index in [0.29, 0.717) is 29.3 Å². The van der Waals surface area contributed by atoms with Crippen molar-refractivity contribution in [2.75, 3.05) is 0 Å². The zero-order valence-corrected chi connectivity index (χ0v) is 20.8. The van der Waals surface area contributed by atoms with Gasteiger partial charge < -0.3 is 0 Å². The van der Waals surface area contributed by atoms with Crippen LogP contribution in [0, 0.1) is 24.7 Å². The van der Waals surface area contributed by atoms with E-state index in [1.807, 2.05) is 6.92 Å². The molecule has 178 valence electrons. The highest BCUT2D eigenvalue weighted by Gasteiger charge is 2.54. The molecule has 0 spiro atoms. The summed E-state index contributed by atoms with van der Waals surface area (Å²) in [6, 6.07) is 10.2. The molecular formula is C26H26Cl2N2O4. The number of amides is 3. The monoisotopic (exact) mass is 500 g/mol. The summed E-state index contributed by atoms with van der Waals surface area (Å²) in [6.07, 6.45) is 2.00. The molecule has 2 aromatic rings. The van der Waals surface area contributed by atoms with E-state index in [9.17, 15) is 19.2 Å². The molecule has 0 N–H and O–H groups in total. The van der Waals surface area contributed by atoms with Crippen LogP contribution in [0.5, 0.6) is 0 Å². The Balaban J connectivity index is 1.77. The number of hydrogen-bond donors (Lipinski definition) is 0. The van der Waals surface area contributed by atoms with E-state index in [0.717, 1.165) is 22.0 Å². The predicted molar refractivity (Wildman–Crippen MR) is 129 cm³/mol. The Hall–Kier alpha value is -2.70. The van der Waals surface area contributed by atoms with Crippen molar-refractivity contribution in [3.8, 4) is 0 Å². The molecule has 1 heterocycles. The third-order valence-electron chi connectivity index (χ3n) is 6.83. The topological polar surface area (TPSA) is 74.8 Å². The number of imide groups is 1. The standard InChI is InChI=1S/C26H26Cl2N2O4/c1-14-4-7-17(8-5-14)23(31)16(3)29(25(33)20-11-9-18(27)13-22(20)28)30-24(32)19-10-6-15(2)12-21(19)26(30)34/h4-5,7-9,11,13,15-16,19,21H,6,10,12H2,1-3H3/t15-,16+,19-,21+/m1/s1. The van der Waals surface area contributed by atoms with E-state index in [-0.39, 0.29) is 16.4 Å². The second-order valence-electron chi connectivity index (χ2n) is 9.30. The lowest BCUT2D eigenvalue weighted by Crippen LogP contribution is -2.56. The van der Waals surface area contributed by atoms with Gasteiger partial charge in [-0.15, -0.1) is 0 Å². The summed E-state index contributed by atoms with van der Waals surface area (Å²) in [5.74, 6) is -2.65. The number of carbonyl (C=O) groups excluding carboxylic acids is 4. The smallest absolute Gasteiger partial charge is 0.275 e. The first kappa shape index (κ1) is 24.4. The minimum Gasteiger partial charge on any atom is -0.292 e. The van der Waals surface area contributed by atoms with Crippen molar-refractivity contribution < 1.29 is 19.2 Å². The molecule has 6 nitrogen and oxygen atoms in total. The van der Waals surface area contributed by atoms with E-state index in [4.69, 9.17) is 23.2 Å². The Morgan fingerprint density at radius 2 is 1.65 bits per heavy atom. The second-order valence-corrected chi connectivity index (χ2v) is 10.1. The van der Waals surface area contributed by atoms with E-state index in [2.05, 4.69) is 6.92 Å². The van der Waals surface area contributed by atoms with Gasteiger partial charge in [0.25, 0.3) is 17.7 Å². The molecule has 1 saturated carbocycles. The van der Waals surface area contributed by atoms with Crippen LogP contribution in [0.15, 0.2) is 42.5 Å². The lowest BCUT2D eigenvalue weighted by atomic mass is 9.76. The summed E-state index contributed by atoms with van der Waals surface area (Å²) in [5.41, 5.74) is 1.41. The summed E-state index contributed by atoms with van der Waals surface area (Å²) >= 11 is 12.3. The molecule has 0 bridgehead atoms. The fourth-order valence-electron chi connectivity index (χ4n) is 4.88. The highest BCUT2D eigenvalue weighted by Crippen LogP contribution is 2.42. The van der Waals surface area contributed by atoms with Gasteiger partial charge >= 0.3 is 0 Å². The Bertz CT molecular complexity index is 1160. The molecule has 0 aromatic heterocycles. The maximum atomic E-state index is 13.8. The number of ketones is 1. The summed E-state index contributed by atoms with van der Waals surface area (Å²) in [5, 5.41) is 2.30. The number of aryl methyl sites for hydroxylation is 1. The summed E-state index contributed by atoms with van der Waals surface area (Å²) < 4.78 is 0. The van der Waals surface area contributed by atoms with Crippen LogP contribution in [-0.2, 0) is 9.59 Å². The van der Waals surface area contributed by atoms with Gasteiger partial charge in [0.2, 0.25) is 0 Å². The van der Waals surface area contributed by atoms with Crippen molar-refractivity contribution >= 4 is 46.7 Å². The molecule has 0 radical (unpaired) electrons. The van der Waals surface area contributed by atoms with Crippen molar-refractivity contribution in [1.29, 1.82) is 0 Å². The first-order valence-corrected chi connectivity index (χ1v) is 12.1. The van der Waals surface area contributed by atoms with Crippen molar-refractivity contribution in [1.82, 2.24) is 10.0 Å². The van der Waals surface area contributed by atoms with Gasteiger partial charge in [0.1, 0.15) is 6.04 Å². The first-order valence-electron chi connectivity index (χ1n) is 11.4. The van der Waals surface area contributed by atoms with Crippen molar-refractivity contribution in [2.24, 2.45) is 17.8 Å². The Morgan fingerprint density at radius 3 is 2.29 bits per heavy atom. The molecule has 0 unspecified atom stereocenters. The SMILES string of the molecule is Cc1ccc(C(=O)[C@H](C)N(C(=O)c2ccc(Cl)cc2Cl)N2C(=O)[C@H]3C[C@H](C)CC[C@H]3C2=O)cc1. The van der Waals surface area contributed by atoms with Gasteiger partial charge in [-0.25, -0.2) is 5.01 Å². The number of Topliss-reactive ketones (excluding diaryl/α,β-unsaturated/α-hetero) is 1. The minimum absolute atomic E-state index is 0.0541. The number of hydrazine groups is 1. The summed E-state index contributed by atoms with van der Waals surface area (Å²) in [7, 11) is 0. The minimum atomic E-state index is -1.12. The molecule has 4 atom stereocenters. The molecule has 1 saturated heterocycles. The number of rotatable bonds is 5. The number of hydrogen-bond acceptors (Lipinski definition) is 4. The molecule has 1 aliphatic heterocycles. The molecule has 34 heavy (non-hydrogen) atoms. The third-order valence-corrected chi connectivity index (χ3v) is 7.38. The van der Waals surface area contributed by atoms with Crippen LogP contribution in [0.25, 0.3) is 0 Å². The van der Waals surface area contributed by atoms with Gasteiger partial charge in [-0.3, -0.25) is 19.2 Å². The summed E-state index contributed by atoms with van der Waals surface area (Å²) in [4.78, 5) is 54.1. The maximum absolute atomic E-state index is 13.8. The van der Waals surface area contributed by atoms with E-state index < -0.39 is 35.6 Å². The fourth-order valence-corrected chi connectivity index (χ4v) is 5.37. The molecule has 2 fully saturated rings. The lowest BCUT2D eigenvalue weighted by Gasteiger charge is -2.35. The van der Waals surface area contributed by atoms with Crippen LogP contribution in [0.3, 0.4) is 0 Å². The molecule has 4 rings (SSSR count). The van der Waals surface area contributed by atoms with Crippen LogP contribution >= 0.6 is 23.2 Å². The summed E-state index contributed by atoms with van der Waals surface area (Å²) in [6.45, 7) is 5.48. The van der Waals surface area contributed by atoms with Crippen molar-refractivity contribution in [3.05, 3.63) is 69.2 Å². The Morgan fingerprint density at radius 1 is 1.00 bits per heavy atom. The highest BCUT2D eigenvalue weighted by atomic mass is 35.5. The van der Waals surface area contributed by atoms with E-state index >= 15 is 0 Å². The van der Waals surface area contributed by atoms with Crippen LogP contribution in [-0.4, -0.2) is 39.6 Å². The van der Waals surface area contributed by atoms with Crippen molar-refractivity contribution in [2.45, 2.75) is 46.1 Å². The van der Waals surface area contributed by atoms with Gasteiger partial charge in [0.05, 0.1) is 22.4 Å². The van der Waals surface area contributed by atoms with Gasteiger partial charge in [-0.2, -0.15) is 5.01 Å². The molecule has 2 aliphatic rings. The maximum Gasteiger partial charge on any atom is 0.275 e. The highest BCUT2D eigenvalue weighted by molar-refractivity contribution is 6.36. The number of benzene rings is 2. The molecule has 8 heteroatoms. The predicted octanol–water partition coefficient (Wildman–Crippen LogP) is 5.35. The largest absolute Gasteiger partial charge is 0.292 e. The van der Waals surface area contributed by atoms with Gasteiger partial charge in [0.15, 0.2) is 5.78 Å². The molecule has 1 aliphatic carbocycles. The number of carbonyl (C=O) groups is 4. The normalized spacial score (nSPS) is 23.0. The van der Waals surface area contributed by atoms with Crippen molar-refractivity contribution in [3.63, 3.8) is 0 Å². The quantitative estimate of drug-likeness (QED) is 0.409. The Labute approximate surface area is 208 Å². The number of halogens is 2. The molecule has 3 amide bonds. The molecule has 2 aromatic carbocycles. The average Bonchev–Trinajstić information content (AvgIpc) is 3.03. The van der Waals surface area contributed by atoms with Crippen LogP contribution in [0.2, 0.25) is 10.0 Å².